The van der Waals surface area contributed by atoms with E-state index in [0.29, 0.717) is 19.5 Å². The number of hydrogen-bond donors (Lipinski definition) is 1. The van der Waals surface area contributed by atoms with Crippen molar-refractivity contribution in [2.45, 2.75) is 52.0 Å². The highest BCUT2D eigenvalue weighted by atomic mass is 16.2. The average Bonchev–Trinajstić information content (AvgIpc) is 3.07. The predicted octanol–water partition coefficient (Wildman–Crippen LogP) is 3.35. The van der Waals surface area contributed by atoms with E-state index in [1.54, 1.807) is 0 Å². The van der Waals surface area contributed by atoms with Gasteiger partial charge in [-0.1, -0.05) is 35.9 Å². The Balaban J connectivity index is 1.70. The molecule has 1 atom stereocenters. The van der Waals surface area contributed by atoms with Crippen LogP contribution in [0.2, 0.25) is 0 Å². The van der Waals surface area contributed by atoms with Gasteiger partial charge in [0.1, 0.15) is 0 Å². The Morgan fingerprint density at radius 2 is 2.12 bits per heavy atom. The minimum Gasteiger partial charge on any atom is -0.355 e. The molecule has 0 radical (unpaired) electrons. The van der Waals surface area contributed by atoms with Gasteiger partial charge in [-0.05, 0) is 50.2 Å². The summed E-state index contributed by atoms with van der Waals surface area (Å²) < 4.78 is 0. The zero-order valence-corrected chi connectivity index (χ0v) is 15.1. The van der Waals surface area contributed by atoms with Crippen LogP contribution in [0.5, 0.6) is 0 Å². The Kier molecular flexibility index (Phi) is 5.90. The van der Waals surface area contributed by atoms with Crippen molar-refractivity contribution in [3.8, 4) is 0 Å². The number of nitrogens with zero attached hydrogens (tertiary/aromatic N) is 1. The number of carbonyl (C=O) groups excluding carboxylic acids is 2. The molecular formula is C21H28N2O2. The molecule has 1 unspecified atom stereocenters. The molecule has 4 heteroatoms. The van der Waals surface area contributed by atoms with E-state index >= 15 is 0 Å². The molecule has 25 heavy (non-hydrogen) atoms. The normalized spacial score (nSPS) is 20.1. The SMILES string of the molecule is Cc1ccccc1CN(CCC1=CCCCC1)C(=O)C1CNC(=O)C1. The Labute approximate surface area is 150 Å². The van der Waals surface area contributed by atoms with Crippen molar-refractivity contribution >= 4 is 11.8 Å². The van der Waals surface area contributed by atoms with Crippen LogP contribution >= 0.6 is 0 Å². The quantitative estimate of drug-likeness (QED) is 0.808. The first-order valence-electron chi connectivity index (χ1n) is 9.41. The van der Waals surface area contributed by atoms with Crippen molar-refractivity contribution < 1.29 is 9.59 Å². The van der Waals surface area contributed by atoms with Gasteiger partial charge in [0.2, 0.25) is 11.8 Å². The number of aryl methyl sites for hydroxylation is 1. The van der Waals surface area contributed by atoms with Crippen LogP contribution in [-0.4, -0.2) is 29.8 Å². The van der Waals surface area contributed by atoms with Crippen LogP contribution in [0, 0.1) is 12.8 Å². The molecule has 1 saturated heterocycles. The first-order chi connectivity index (χ1) is 12.1. The molecule has 134 valence electrons. The molecule has 2 amide bonds. The average molecular weight is 340 g/mol. The molecule has 1 N–H and O–H groups in total. The number of benzene rings is 1. The van der Waals surface area contributed by atoms with Gasteiger partial charge in [-0.25, -0.2) is 0 Å². The Bertz CT molecular complexity index is 666. The van der Waals surface area contributed by atoms with Gasteiger partial charge in [0.25, 0.3) is 0 Å². The fourth-order valence-electron chi connectivity index (χ4n) is 3.71. The van der Waals surface area contributed by atoms with Crippen LogP contribution in [-0.2, 0) is 16.1 Å². The zero-order chi connectivity index (χ0) is 17.6. The summed E-state index contributed by atoms with van der Waals surface area (Å²) in [6.45, 7) is 3.93. The molecule has 0 spiro atoms. The lowest BCUT2D eigenvalue weighted by Gasteiger charge is -2.27. The number of amides is 2. The second-order valence-electron chi connectivity index (χ2n) is 7.25. The van der Waals surface area contributed by atoms with E-state index in [4.69, 9.17) is 0 Å². The van der Waals surface area contributed by atoms with Gasteiger partial charge in [0.15, 0.2) is 0 Å². The third-order valence-electron chi connectivity index (χ3n) is 5.35. The summed E-state index contributed by atoms with van der Waals surface area (Å²) in [7, 11) is 0. The van der Waals surface area contributed by atoms with Crippen LogP contribution in [0.1, 0.15) is 49.7 Å². The standard InChI is InChI=1S/C21H28N2O2/c1-16-7-5-6-10-18(16)15-23(12-11-17-8-3-2-4-9-17)21(25)19-13-20(24)22-14-19/h5-8,10,19H,2-4,9,11-15H2,1H3,(H,22,24). The lowest BCUT2D eigenvalue weighted by Crippen LogP contribution is -2.37. The molecule has 2 aliphatic rings. The smallest absolute Gasteiger partial charge is 0.228 e. The van der Waals surface area contributed by atoms with E-state index in [9.17, 15) is 9.59 Å². The van der Waals surface area contributed by atoms with E-state index in [1.807, 2.05) is 17.0 Å². The lowest BCUT2D eigenvalue weighted by molar-refractivity contribution is -0.136. The number of allylic oxidation sites excluding steroid dienone is 1. The van der Waals surface area contributed by atoms with Crippen molar-refractivity contribution in [2.24, 2.45) is 5.92 Å². The van der Waals surface area contributed by atoms with Crippen molar-refractivity contribution in [2.75, 3.05) is 13.1 Å². The first kappa shape index (κ1) is 17.7. The minimum absolute atomic E-state index is 0.0100. The van der Waals surface area contributed by atoms with Gasteiger partial charge in [-0.15, -0.1) is 0 Å². The Hall–Kier alpha value is -2.10. The number of nitrogens with one attached hydrogen (secondary N) is 1. The highest BCUT2D eigenvalue weighted by Crippen LogP contribution is 2.22. The fourth-order valence-corrected chi connectivity index (χ4v) is 3.71. The summed E-state index contributed by atoms with van der Waals surface area (Å²) in [6.07, 6.45) is 8.50. The summed E-state index contributed by atoms with van der Waals surface area (Å²) in [6, 6.07) is 8.22. The summed E-state index contributed by atoms with van der Waals surface area (Å²) >= 11 is 0. The molecule has 1 fully saturated rings. The molecular weight excluding hydrogens is 312 g/mol. The molecule has 0 aromatic heterocycles. The summed E-state index contributed by atoms with van der Waals surface area (Å²) in [5.74, 6) is -0.112. The lowest BCUT2D eigenvalue weighted by atomic mass is 9.96. The molecule has 3 rings (SSSR count). The fraction of sp³-hybridized carbons (Fsp3) is 0.524. The van der Waals surface area contributed by atoms with Crippen LogP contribution in [0.25, 0.3) is 0 Å². The van der Waals surface area contributed by atoms with E-state index in [0.717, 1.165) is 19.4 Å². The van der Waals surface area contributed by atoms with E-state index in [-0.39, 0.29) is 17.7 Å². The maximum atomic E-state index is 13.0. The molecule has 1 aliphatic heterocycles. The highest BCUT2D eigenvalue weighted by molar-refractivity contribution is 5.89. The molecule has 1 aliphatic carbocycles. The van der Waals surface area contributed by atoms with Gasteiger partial charge in [-0.3, -0.25) is 9.59 Å². The Morgan fingerprint density at radius 3 is 2.80 bits per heavy atom. The van der Waals surface area contributed by atoms with E-state index < -0.39 is 0 Å². The maximum Gasteiger partial charge on any atom is 0.228 e. The predicted molar refractivity (Wildman–Crippen MR) is 98.9 cm³/mol. The number of rotatable bonds is 6. The summed E-state index contributed by atoms with van der Waals surface area (Å²) in [5.41, 5.74) is 3.87. The van der Waals surface area contributed by atoms with Crippen molar-refractivity contribution in [1.82, 2.24) is 10.2 Å². The second-order valence-corrected chi connectivity index (χ2v) is 7.25. The largest absolute Gasteiger partial charge is 0.355 e. The minimum atomic E-state index is -0.211. The molecule has 1 heterocycles. The topological polar surface area (TPSA) is 49.4 Å². The third kappa shape index (κ3) is 4.71. The van der Waals surface area contributed by atoms with Crippen LogP contribution < -0.4 is 5.32 Å². The molecule has 1 aromatic rings. The zero-order valence-electron chi connectivity index (χ0n) is 15.1. The molecule has 4 nitrogen and oxygen atoms in total. The summed E-state index contributed by atoms with van der Waals surface area (Å²) in [5, 5.41) is 2.79. The molecule has 0 bridgehead atoms. The van der Waals surface area contributed by atoms with Crippen LogP contribution in [0.4, 0.5) is 0 Å². The number of carbonyl (C=O) groups is 2. The van der Waals surface area contributed by atoms with Crippen LogP contribution in [0.3, 0.4) is 0 Å². The molecule has 0 saturated carbocycles. The van der Waals surface area contributed by atoms with Crippen molar-refractivity contribution in [3.05, 3.63) is 47.0 Å². The second kappa shape index (κ2) is 8.32. The van der Waals surface area contributed by atoms with Gasteiger partial charge >= 0.3 is 0 Å². The number of hydrogen-bond acceptors (Lipinski definition) is 2. The summed E-state index contributed by atoms with van der Waals surface area (Å²) in [4.78, 5) is 26.5. The van der Waals surface area contributed by atoms with Crippen molar-refractivity contribution in [1.29, 1.82) is 0 Å². The van der Waals surface area contributed by atoms with Gasteiger partial charge < -0.3 is 10.2 Å². The monoisotopic (exact) mass is 340 g/mol. The maximum absolute atomic E-state index is 13.0. The first-order valence-corrected chi connectivity index (χ1v) is 9.41. The Morgan fingerprint density at radius 1 is 1.28 bits per heavy atom. The van der Waals surface area contributed by atoms with E-state index in [1.165, 1.54) is 36.0 Å². The van der Waals surface area contributed by atoms with Crippen LogP contribution in [0.15, 0.2) is 35.9 Å². The van der Waals surface area contributed by atoms with Gasteiger partial charge in [-0.2, -0.15) is 0 Å². The molecule has 1 aromatic carbocycles. The van der Waals surface area contributed by atoms with Gasteiger partial charge in [0, 0.05) is 26.1 Å². The van der Waals surface area contributed by atoms with Gasteiger partial charge in [0.05, 0.1) is 5.92 Å². The van der Waals surface area contributed by atoms with E-state index in [2.05, 4.69) is 30.4 Å². The van der Waals surface area contributed by atoms with Crippen molar-refractivity contribution in [3.63, 3.8) is 0 Å². The highest BCUT2D eigenvalue weighted by Gasteiger charge is 2.31. The third-order valence-corrected chi connectivity index (χ3v) is 5.35.